The molecule has 0 aromatic heterocycles. The third-order valence-electron chi connectivity index (χ3n) is 6.73. The zero-order valence-electron chi connectivity index (χ0n) is 17.5. The lowest BCUT2D eigenvalue weighted by molar-refractivity contribution is 0.348. The molecule has 0 amide bonds. The first kappa shape index (κ1) is 22.1. The van der Waals surface area contributed by atoms with E-state index in [9.17, 15) is 36.2 Å². The second-order valence-electron chi connectivity index (χ2n) is 9.88. The molecule has 2 aliphatic carbocycles. The molecule has 0 atom stereocenters. The second-order valence-corrected chi connectivity index (χ2v) is 12.7. The first-order valence-corrected chi connectivity index (χ1v) is 12.5. The number of fused-ring (bicyclic) bond motifs is 4. The first-order chi connectivity index (χ1) is 13.9. The van der Waals surface area contributed by atoms with E-state index in [1.165, 1.54) is 24.3 Å². The van der Waals surface area contributed by atoms with Crippen molar-refractivity contribution in [2.45, 2.75) is 66.6 Å². The number of rotatable bonds is 2. The van der Waals surface area contributed by atoms with Crippen LogP contribution in [0.15, 0.2) is 34.1 Å². The Morgan fingerprint density at radius 2 is 0.968 bits per heavy atom. The molecule has 0 heterocycles. The minimum Gasteiger partial charge on any atom is -0.506 e. The van der Waals surface area contributed by atoms with Crippen LogP contribution in [0.4, 0.5) is 0 Å². The quantitative estimate of drug-likeness (QED) is 0.491. The van der Waals surface area contributed by atoms with Gasteiger partial charge in [-0.05, 0) is 70.2 Å². The molecule has 0 saturated carbocycles. The second kappa shape index (κ2) is 6.00. The van der Waals surface area contributed by atoms with Crippen molar-refractivity contribution in [3.05, 3.63) is 46.5 Å². The van der Waals surface area contributed by atoms with E-state index in [2.05, 4.69) is 0 Å². The zero-order valence-corrected chi connectivity index (χ0v) is 19.1. The Morgan fingerprint density at radius 3 is 1.26 bits per heavy atom. The average molecular weight is 469 g/mol. The Labute approximate surface area is 181 Å². The summed E-state index contributed by atoms with van der Waals surface area (Å²) in [6.45, 7) is 7.68. The lowest BCUT2D eigenvalue weighted by Gasteiger charge is -2.30. The van der Waals surface area contributed by atoms with Gasteiger partial charge in [-0.15, -0.1) is 0 Å². The van der Waals surface area contributed by atoms with Crippen molar-refractivity contribution < 1.29 is 36.2 Å². The van der Waals surface area contributed by atoms with Crippen LogP contribution in [0.3, 0.4) is 0 Å². The molecule has 0 bridgehead atoms. The lowest BCUT2D eigenvalue weighted by Crippen LogP contribution is -2.26. The molecular weight excluding hydrogens is 444 g/mol. The molecule has 10 heteroatoms. The van der Waals surface area contributed by atoms with Crippen molar-refractivity contribution >= 4 is 20.2 Å². The third kappa shape index (κ3) is 3.07. The van der Waals surface area contributed by atoms with Crippen LogP contribution in [-0.2, 0) is 36.5 Å². The molecule has 0 fully saturated rings. The van der Waals surface area contributed by atoms with Gasteiger partial charge < -0.3 is 10.2 Å². The number of aromatic hydroxyl groups is 2. The minimum absolute atomic E-state index is 0.505. The molecule has 2 aromatic carbocycles. The van der Waals surface area contributed by atoms with Crippen LogP contribution in [0.5, 0.6) is 11.5 Å². The molecular formula is C21H24O8S2. The van der Waals surface area contributed by atoms with Crippen LogP contribution in [0, 0.1) is 0 Å². The fourth-order valence-corrected chi connectivity index (χ4v) is 6.93. The standard InChI is InChI=1S/C21H24O8S2/c1-19(2)9-21(13-5-15(22)17(7-11(13)19)30(24,25)26)10-20(3,4)12-8-18(31(27,28)29)16(23)6-14(12)21/h5-8,22-23H,9-10H2,1-4H3,(H,24,25,26)(H,27,28,29). The summed E-state index contributed by atoms with van der Waals surface area (Å²) in [5, 5.41) is 20.8. The highest BCUT2D eigenvalue weighted by Gasteiger charge is 2.57. The SMILES string of the molecule is CC1(C)CC2(CC(C)(C)c3cc(S(=O)(=O)O)c(O)cc32)c2cc(O)c(S(=O)(=O)O)cc21. The van der Waals surface area contributed by atoms with Gasteiger partial charge in [0.1, 0.15) is 21.3 Å². The van der Waals surface area contributed by atoms with Gasteiger partial charge in [0.2, 0.25) is 0 Å². The molecule has 2 aliphatic rings. The van der Waals surface area contributed by atoms with Gasteiger partial charge in [-0.2, -0.15) is 16.8 Å². The highest BCUT2D eigenvalue weighted by molar-refractivity contribution is 7.86. The maximum absolute atomic E-state index is 11.7. The van der Waals surface area contributed by atoms with Crippen molar-refractivity contribution in [3.63, 3.8) is 0 Å². The van der Waals surface area contributed by atoms with Crippen molar-refractivity contribution in [1.82, 2.24) is 0 Å². The topological polar surface area (TPSA) is 149 Å². The normalized spacial score (nSPS) is 20.6. The fourth-order valence-electron chi connectivity index (χ4n) is 5.75. The van der Waals surface area contributed by atoms with Crippen LogP contribution >= 0.6 is 0 Å². The summed E-state index contributed by atoms with van der Waals surface area (Å²) in [4.78, 5) is -1.14. The first-order valence-electron chi connectivity index (χ1n) is 9.61. The highest BCUT2D eigenvalue weighted by Crippen LogP contribution is 2.64. The van der Waals surface area contributed by atoms with Crippen LogP contribution < -0.4 is 0 Å². The van der Waals surface area contributed by atoms with Gasteiger partial charge in [-0.1, -0.05) is 27.7 Å². The van der Waals surface area contributed by atoms with Gasteiger partial charge in [0.15, 0.2) is 0 Å². The van der Waals surface area contributed by atoms with Crippen molar-refractivity contribution in [2.75, 3.05) is 0 Å². The number of benzene rings is 2. The van der Waals surface area contributed by atoms with E-state index >= 15 is 0 Å². The predicted molar refractivity (Wildman–Crippen MR) is 112 cm³/mol. The Bertz CT molecular complexity index is 1250. The largest absolute Gasteiger partial charge is 0.506 e. The Kier molecular flexibility index (Phi) is 4.27. The molecule has 0 aliphatic heterocycles. The van der Waals surface area contributed by atoms with Crippen molar-refractivity contribution in [1.29, 1.82) is 0 Å². The lowest BCUT2D eigenvalue weighted by atomic mass is 9.72. The van der Waals surface area contributed by atoms with E-state index in [4.69, 9.17) is 0 Å². The van der Waals surface area contributed by atoms with Crippen molar-refractivity contribution in [3.8, 4) is 11.5 Å². The molecule has 8 nitrogen and oxygen atoms in total. The van der Waals surface area contributed by atoms with Crippen LogP contribution in [0.25, 0.3) is 0 Å². The maximum atomic E-state index is 11.7. The Hall–Kier alpha value is -2.14. The third-order valence-corrected chi connectivity index (χ3v) is 8.50. The predicted octanol–water partition coefficient (Wildman–Crippen LogP) is 3.24. The molecule has 0 saturated heterocycles. The van der Waals surface area contributed by atoms with E-state index in [1.54, 1.807) is 0 Å². The minimum atomic E-state index is -4.64. The molecule has 4 rings (SSSR count). The van der Waals surface area contributed by atoms with Gasteiger partial charge >= 0.3 is 0 Å². The molecule has 4 N–H and O–H groups in total. The van der Waals surface area contributed by atoms with E-state index in [-0.39, 0.29) is 0 Å². The van der Waals surface area contributed by atoms with E-state index in [1.807, 2.05) is 27.7 Å². The summed E-state index contributed by atoms with van der Waals surface area (Å²) < 4.78 is 66.0. The summed E-state index contributed by atoms with van der Waals surface area (Å²) in [6.07, 6.45) is 1.01. The maximum Gasteiger partial charge on any atom is 0.298 e. The van der Waals surface area contributed by atoms with E-state index in [0.29, 0.717) is 35.1 Å². The van der Waals surface area contributed by atoms with E-state index < -0.39 is 57.8 Å². The van der Waals surface area contributed by atoms with Gasteiger partial charge in [0.05, 0.1) is 0 Å². The summed E-state index contributed by atoms with van der Waals surface area (Å²) in [5.74, 6) is -1.16. The van der Waals surface area contributed by atoms with Crippen LogP contribution in [0.2, 0.25) is 0 Å². The average Bonchev–Trinajstić information content (AvgIpc) is 2.91. The monoisotopic (exact) mass is 468 g/mol. The zero-order chi connectivity index (χ0) is 23.4. The van der Waals surface area contributed by atoms with Crippen LogP contribution in [-0.4, -0.2) is 36.2 Å². The van der Waals surface area contributed by atoms with Gasteiger partial charge in [-0.25, -0.2) is 0 Å². The fraction of sp³-hybridized carbons (Fsp3) is 0.429. The number of phenols is 2. The van der Waals surface area contributed by atoms with Gasteiger partial charge in [0.25, 0.3) is 20.2 Å². The summed E-state index contributed by atoms with van der Waals surface area (Å²) in [5.41, 5.74) is 0.776. The molecule has 1 spiro atoms. The van der Waals surface area contributed by atoms with Crippen LogP contribution in [0.1, 0.15) is 62.8 Å². The molecule has 0 unspecified atom stereocenters. The number of phenolic OH excluding ortho intramolecular Hbond substituents is 2. The van der Waals surface area contributed by atoms with Crippen molar-refractivity contribution in [2.24, 2.45) is 0 Å². The molecule has 31 heavy (non-hydrogen) atoms. The summed E-state index contributed by atoms with van der Waals surface area (Å²) in [6, 6.07) is 5.25. The van der Waals surface area contributed by atoms with Gasteiger partial charge in [-0.3, -0.25) is 9.11 Å². The molecule has 2 aromatic rings. The Morgan fingerprint density at radius 1 is 0.645 bits per heavy atom. The number of hydrogen-bond donors (Lipinski definition) is 4. The smallest absolute Gasteiger partial charge is 0.298 e. The highest BCUT2D eigenvalue weighted by atomic mass is 32.2. The number of hydrogen-bond acceptors (Lipinski definition) is 6. The summed E-state index contributed by atoms with van der Waals surface area (Å²) >= 11 is 0. The molecule has 168 valence electrons. The van der Waals surface area contributed by atoms with Gasteiger partial charge in [0, 0.05) is 5.41 Å². The van der Waals surface area contributed by atoms with E-state index in [0.717, 1.165) is 0 Å². The molecule has 0 radical (unpaired) electrons. The summed E-state index contributed by atoms with van der Waals surface area (Å²) in [7, 11) is -9.27. The Balaban J connectivity index is 2.07.